The van der Waals surface area contributed by atoms with Gasteiger partial charge >= 0.3 is 0 Å². The minimum atomic E-state index is -0.236. The molecule has 96 valence electrons. The van der Waals surface area contributed by atoms with Crippen LogP contribution >= 0.6 is 11.3 Å². The highest BCUT2D eigenvalue weighted by molar-refractivity contribution is 7.09. The van der Waals surface area contributed by atoms with Gasteiger partial charge in [-0.25, -0.2) is 4.39 Å². The number of methoxy groups -OCH3 is 1. The van der Waals surface area contributed by atoms with Gasteiger partial charge in [0.1, 0.15) is 11.6 Å². The van der Waals surface area contributed by atoms with Crippen LogP contribution in [0.2, 0.25) is 0 Å². The van der Waals surface area contributed by atoms with Crippen molar-refractivity contribution < 1.29 is 9.13 Å². The molecule has 2 rings (SSSR count). The second kappa shape index (κ2) is 5.98. The Morgan fingerprint density at radius 3 is 2.83 bits per heavy atom. The van der Waals surface area contributed by atoms with Crippen LogP contribution < -0.4 is 10.1 Å². The Hall–Kier alpha value is -1.39. The van der Waals surface area contributed by atoms with E-state index in [9.17, 15) is 4.39 Å². The summed E-state index contributed by atoms with van der Waals surface area (Å²) in [5.74, 6) is 0.349. The largest absolute Gasteiger partial charge is 0.496 e. The van der Waals surface area contributed by atoms with Crippen LogP contribution in [-0.4, -0.2) is 7.11 Å². The molecule has 0 bridgehead atoms. The van der Waals surface area contributed by atoms with E-state index in [1.807, 2.05) is 18.4 Å². The van der Waals surface area contributed by atoms with Crippen molar-refractivity contribution in [3.8, 4) is 5.75 Å². The molecule has 1 N–H and O–H groups in total. The number of thiophene rings is 1. The Kier molecular flexibility index (Phi) is 4.33. The lowest BCUT2D eigenvalue weighted by Crippen LogP contribution is -2.19. The van der Waals surface area contributed by atoms with E-state index in [1.165, 1.54) is 10.9 Å². The summed E-state index contributed by atoms with van der Waals surface area (Å²) in [6.45, 7) is 2.67. The normalized spacial score (nSPS) is 12.4. The van der Waals surface area contributed by atoms with Crippen LogP contribution in [0, 0.1) is 5.82 Å². The van der Waals surface area contributed by atoms with E-state index in [0.29, 0.717) is 11.3 Å². The Bertz CT molecular complexity index is 499. The molecule has 0 saturated carbocycles. The van der Waals surface area contributed by atoms with E-state index < -0.39 is 0 Å². The second-order valence-electron chi connectivity index (χ2n) is 4.04. The Labute approximate surface area is 110 Å². The monoisotopic (exact) mass is 265 g/mol. The SMILES string of the molecule is COc1cccc(F)c1C(C)NCc1cccs1. The first-order valence-electron chi connectivity index (χ1n) is 5.80. The van der Waals surface area contributed by atoms with Crippen LogP contribution in [-0.2, 0) is 6.54 Å². The van der Waals surface area contributed by atoms with Crippen molar-refractivity contribution in [2.45, 2.75) is 19.5 Å². The number of rotatable bonds is 5. The maximum Gasteiger partial charge on any atom is 0.131 e. The quantitative estimate of drug-likeness (QED) is 0.889. The number of halogens is 1. The predicted molar refractivity (Wildman–Crippen MR) is 72.5 cm³/mol. The molecule has 0 fully saturated rings. The van der Waals surface area contributed by atoms with Crippen molar-refractivity contribution in [3.05, 3.63) is 52.0 Å². The molecule has 18 heavy (non-hydrogen) atoms. The molecule has 1 unspecified atom stereocenters. The van der Waals surface area contributed by atoms with Gasteiger partial charge in [0.05, 0.1) is 7.11 Å². The first-order chi connectivity index (χ1) is 8.72. The van der Waals surface area contributed by atoms with Gasteiger partial charge < -0.3 is 10.1 Å². The molecule has 1 aromatic heterocycles. The lowest BCUT2D eigenvalue weighted by molar-refractivity contribution is 0.393. The molecule has 0 aliphatic carbocycles. The van der Waals surface area contributed by atoms with Crippen molar-refractivity contribution in [3.63, 3.8) is 0 Å². The van der Waals surface area contributed by atoms with Gasteiger partial charge in [0.2, 0.25) is 0 Å². The van der Waals surface area contributed by atoms with Gasteiger partial charge in [-0.2, -0.15) is 0 Å². The van der Waals surface area contributed by atoms with E-state index in [1.54, 1.807) is 30.6 Å². The third kappa shape index (κ3) is 2.89. The molecule has 0 aliphatic rings. The molecular weight excluding hydrogens is 249 g/mol. The molecule has 0 radical (unpaired) electrons. The van der Waals surface area contributed by atoms with Crippen LogP contribution in [0.15, 0.2) is 35.7 Å². The van der Waals surface area contributed by atoms with Gasteiger partial charge in [-0.15, -0.1) is 11.3 Å². The molecule has 1 atom stereocenters. The number of benzene rings is 1. The summed E-state index contributed by atoms with van der Waals surface area (Å²) in [4.78, 5) is 1.23. The third-order valence-electron chi connectivity index (χ3n) is 2.83. The van der Waals surface area contributed by atoms with Gasteiger partial charge in [-0.05, 0) is 30.5 Å². The molecular formula is C14H16FNOS. The first-order valence-corrected chi connectivity index (χ1v) is 6.68. The Morgan fingerprint density at radius 2 is 2.17 bits per heavy atom. The van der Waals surface area contributed by atoms with Crippen LogP contribution in [0.4, 0.5) is 4.39 Å². The fourth-order valence-electron chi connectivity index (χ4n) is 1.88. The van der Waals surface area contributed by atoms with Crippen LogP contribution in [0.25, 0.3) is 0 Å². The zero-order chi connectivity index (χ0) is 13.0. The molecule has 0 amide bonds. The molecule has 4 heteroatoms. The average Bonchev–Trinajstić information content (AvgIpc) is 2.88. The minimum Gasteiger partial charge on any atom is -0.496 e. The molecule has 2 nitrogen and oxygen atoms in total. The highest BCUT2D eigenvalue weighted by Gasteiger charge is 2.15. The van der Waals surface area contributed by atoms with Crippen molar-refractivity contribution >= 4 is 11.3 Å². The van der Waals surface area contributed by atoms with Crippen molar-refractivity contribution in [2.75, 3.05) is 7.11 Å². The summed E-state index contributed by atoms with van der Waals surface area (Å²) < 4.78 is 19.0. The second-order valence-corrected chi connectivity index (χ2v) is 5.07. The van der Waals surface area contributed by atoms with Crippen molar-refractivity contribution in [1.29, 1.82) is 0 Å². The molecule has 0 spiro atoms. The maximum absolute atomic E-state index is 13.8. The van der Waals surface area contributed by atoms with E-state index >= 15 is 0 Å². The van der Waals surface area contributed by atoms with Gasteiger partial charge in [0.15, 0.2) is 0 Å². The molecule has 0 saturated heterocycles. The summed E-state index contributed by atoms with van der Waals surface area (Å²) >= 11 is 1.69. The Morgan fingerprint density at radius 1 is 1.33 bits per heavy atom. The standard InChI is InChI=1S/C14H16FNOS/c1-10(16-9-11-5-4-8-18-11)14-12(15)6-3-7-13(14)17-2/h3-8,10,16H,9H2,1-2H3. The van der Waals surface area contributed by atoms with Gasteiger partial charge in [-0.1, -0.05) is 12.1 Å². The van der Waals surface area contributed by atoms with Crippen LogP contribution in [0.1, 0.15) is 23.4 Å². The summed E-state index contributed by atoms with van der Waals surface area (Å²) in [6.07, 6.45) is 0. The topological polar surface area (TPSA) is 21.3 Å². The number of hydrogen-bond donors (Lipinski definition) is 1. The smallest absolute Gasteiger partial charge is 0.131 e. The van der Waals surface area contributed by atoms with Crippen LogP contribution in [0.3, 0.4) is 0 Å². The summed E-state index contributed by atoms with van der Waals surface area (Å²) in [5, 5.41) is 5.34. The Balaban J connectivity index is 2.10. The van der Waals surface area contributed by atoms with Crippen molar-refractivity contribution in [2.24, 2.45) is 0 Å². The van der Waals surface area contributed by atoms with E-state index in [4.69, 9.17) is 4.74 Å². The highest BCUT2D eigenvalue weighted by Crippen LogP contribution is 2.27. The van der Waals surface area contributed by atoms with Gasteiger partial charge in [0, 0.05) is 23.0 Å². The first kappa shape index (κ1) is 13.1. The zero-order valence-corrected chi connectivity index (χ0v) is 11.3. The van der Waals surface area contributed by atoms with E-state index in [0.717, 1.165) is 6.54 Å². The summed E-state index contributed by atoms with van der Waals surface area (Å²) in [6, 6.07) is 8.87. The fraction of sp³-hybridized carbons (Fsp3) is 0.286. The predicted octanol–water partition coefficient (Wildman–Crippen LogP) is 3.75. The van der Waals surface area contributed by atoms with Crippen LogP contribution in [0.5, 0.6) is 5.75 Å². The molecule has 2 aromatic rings. The maximum atomic E-state index is 13.8. The number of ether oxygens (including phenoxy) is 1. The molecule has 1 aromatic carbocycles. The lowest BCUT2D eigenvalue weighted by atomic mass is 10.1. The van der Waals surface area contributed by atoms with Gasteiger partial charge in [-0.3, -0.25) is 0 Å². The van der Waals surface area contributed by atoms with E-state index in [-0.39, 0.29) is 11.9 Å². The highest BCUT2D eigenvalue weighted by atomic mass is 32.1. The fourth-order valence-corrected chi connectivity index (χ4v) is 2.54. The zero-order valence-electron chi connectivity index (χ0n) is 10.4. The number of nitrogens with one attached hydrogen (secondary N) is 1. The minimum absolute atomic E-state index is 0.0942. The summed E-state index contributed by atoms with van der Waals surface area (Å²) in [5.41, 5.74) is 0.580. The molecule has 1 heterocycles. The summed E-state index contributed by atoms with van der Waals surface area (Å²) in [7, 11) is 1.56. The van der Waals surface area contributed by atoms with E-state index in [2.05, 4.69) is 11.4 Å². The number of hydrogen-bond acceptors (Lipinski definition) is 3. The third-order valence-corrected chi connectivity index (χ3v) is 3.70. The van der Waals surface area contributed by atoms with Crippen molar-refractivity contribution in [1.82, 2.24) is 5.32 Å². The lowest BCUT2D eigenvalue weighted by Gasteiger charge is -2.17. The average molecular weight is 265 g/mol. The molecule has 0 aliphatic heterocycles. The van der Waals surface area contributed by atoms with Gasteiger partial charge in [0.25, 0.3) is 0 Å².